The van der Waals surface area contributed by atoms with Crippen molar-refractivity contribution in [2.75, 3.05) is 13.1 Å². The molecule has 2 saturated heterocycles. The third kappa shape index (κ3) is 3.39. The average molecular weight is 335 g/mol. The first-order chi connectivity index (χ1) is 11.1. The van der Waals surface area contributed by atoms with Crippen LogP contribution in [0.5, 0.6) is 0 Å². The summed E-state index contributed by atoms with van der Waals surface area (Å²) in [5, 5.41) is 0.677. The quantitative estimate of drug-likeness (QED) is 0.795. The number of halogens is 1. The van der Waals surface area contributed by atoms with Crippen LogP contribution in [0.2, 0.25) is 5.02 Å². The van der Waals surface area contributed by atoms with Crippen molar-refractivity contribution in [2.24, 2.45) is 0 Å². The molecule has 2 fully saturated rings. The van der Waals surface area contributed by atoms with E-state index < -0.39 is 0 Å². The zero-order valence-corrected chi connectivity index (χ0v) is 13.6. The Balaban J connectivity index is 1.63. The van der Waals surface area contributed by atoms with E-state index in [4.69, 9.17) is 11.6 Å². The minimum absolute atomic E-state index is 0.00468. The smallest absolute Gasteiger partial charge is 0.229 e. The third-order valence-electron chi connectivity index (χ3n) is 4.53. The zero-order valence-electron chi connectivity index (χ0n) is 12.8. The molecule has 1 aromatic carbocycles. The van der Waals surface area contributed by atoms with Crippen molar-refractivity contribution in [3.63, 3.8) is 0 Å². The van der Waals surface area contributed by atoms with Gasteiger partial charge in [-0.2, -0.15) is 0 Å². The van der Waals surface area contributed by atoms with E-state index in [0.717, 1.165) is 18.4 Å². The van der Waals surface area contributed by atoms with E-state index in [9.17, 15) is 14.4 Å². The van der Waals surface area contributed by atoms with Gasteiger partial charge in [0.05, 0.1) is 6.04 Å². The summed E-state index contributed by atoms with van der Waals surface area (Å²) < 4.78 is 0. The van der Waals surface area contributed by atoms with Gasteiger partial charge in [0.25, 0.3) is 0 Å². The van der Waals surface area contributed by atoms with E-state index in [1.807, 2.05) is 29.2 Å². The molecule has 6 heteroatoms. The van der Waals surface area contributed by atoms with Gasteiger partial charge in [-0.15, -0.1) is 0 Å². The molecule has 0 radical (unpaired) electrons. The van der Waals surface area contributed by atoms with Gasteiger partial charge in [-0.1, -0.05) is 23.7 Å². The summed E-state index contributed by atoms with van der Waals surface area (Å²) in [5.41, 5.74) is 1.08. The zero-order chi connectivity index (χ0) is 16.4. The third-order valence-corrected chi connectivity index (χ3v) is 4.78. The molecule has 0 bridgehead atoms. The van der Waals surface area contributed by atoms with E-state index in [1.54, 1.807) is 0 Å². The van der Waals surface area contributed by atoms with Crippen molar-refractivity contribution in [2.45, 2.75) is 38.1 Å². The van der Waals surface area contributed by atoms with Crippen LogP contribution in [0.1, 0.15) is 43.7 Å². The Morgan fingerprint density at radius 3 is 2.43 bits per heavy atom. The maximum absolute atomic E-state index is 12.5. The number of benzene rings is 1. The summed E-state index contributed by atoms with van der Waals surface area (Å²) in [5.74, 6) is -0.341. The van der Waals surface area contributed by atoms with Crippen molar-refractivity contribution in [1.29, 1.82) is 0 Å². The van der Waals surface area contributed by atoms with Gasteiger partial charge >= 0.3 is 0 Å². The first-order valence-corrected chi connectivity index (χ1v) is 8.32. The average Bonchev–Trinajstić information content (AvgIpc) is 3.14. The van der Waals surface area contributed by atoms with Gasteiger partial charge in [-0.25, -0.2) is 0 Å². The molecule has 23 heavy (non-hydrogen) atoms. The molecule has 1 atom stereocenters. The highest BCUT2D eigenvalue weighted by atomic mass is 35.5. The molecule has 3 amide bonds. The molecule has 2 aliphatic heterocycles. The minimum Gasteiger partial charge on any atom is -0.336 e. The van der Waals surface area contributed by atoms with Crippen LogP contribution < -0.4 is 0 Å². The minimum atomic E-state index is -0.168. The summed E-state index contributed by atoms with van der Waals surface area (Å²) in [7, 11) is 0. The monoisotopic (exact) mass is 334 g/mol. The number of imide groups is 1. The molecule has 5 nitrogen and oxygen atoms in total. The standard InChI is InChI=1S/C17H19ClN2O3/c18-13-5-3-12(4-6-13)14-2-1-10-19(14)17(23)9-11-20-15(21)7-8-16(20)22/h3-6,14H,1-2,7-11H2. The molecule has 0 aromatic heterocycles. The maximum Gasteiger partial charge on any atom is 0.229 e. The molecule has 0 N–H and O–H groups in total. The Labute approximate surface area is 140 Å². The number of likely N-dealkylation sites (tertiary alicyclic amines) is 2. The molecule has 2 heterocycles. The highest BCUT2D eigenvalue weighted by molar-refractivity contribution is 6.30. The molecule has 0 saturated carbocycles. The van der Waals surface area contributed by atoms with Crippen LogP contribution in [0.15, 0.2) is 24.3 Å². The normalized spacial score (nSPS) is 21.3. The number of rotatable bonds is 4. The Morgan fingerprint density at radius 2 is 1.78 bits per heavy atom. The van der Waals surface area contributed by atoms with Gasteiger partial charge in [-0.3, -0.25) is 19.3 Å². The van der Waals surface area contributed by atoms with Crippen molar-refractivity contribution in [3.05, 3.63) is 34.9 Å². The highest BCUT2D eigenvalue weighted by Gasteiger charge is 2.32. The van der Waals surface area contributed by atoms with Crippen LogP contribution in [0, 0.1) is 0 Å². The summed E-state index contributed by atoms with van der Waals surface area (Å²) in [6, 6.07) is 7.63. The van der Waals surface area contributed by atoms with Crippen molar-refractivity contribution in [1.82, 2.24) is 9.80 Å². The number of hydrogen-bond donors (Lipinski definition) is 0. The van der Waals surface area contributed by atoms with Crippen LogP contribution in [0.4, 0.5) is 0 Å². The maximum atomic E-state index is 12.5. The lowest BCUT2D eigenvalue weighted by Gasteiger charge is -2.26. The number of nitrogens with zero attached hydrogens (tertiary/aromatic N) is 2. The molecule has 122 valence electrons. The van der Waals surface area contributed by atoms with Crippen molar-refractivity contribution < 1.29 is 14.4 Å². The molecule has 1 aromatic rings. The molecule has 1 unspecified atom stereocenters. The topological polar surface area (TPSA) is 57.7 Å². The predicted molar refractivity (Wildman–Crippen MR) is 85.7 cm³/mol. The molecular formula is C17H19ClN2O3. The van der Waals surface area contributed by atoms with E-state index in [0.29, 0.717) is 11.6 Å². The molecule has 2 aliphatic rings. The molecular weight excluding hydrogens is 316 g/mol. The van der Waals surface area contributed by atoms with Crippen LogP contribution in [-0.2, 0) is 14.4 Å². The first kappa shape index (κ1) is 16.0. The van der Waals surface area contributed by atoms with Gasteiger partial charge < -0.3 is 4.90 Å². The number of carbonyl (C=O) groups is 3. The summed E-state index contributed by atoms with van der Waals surface area (Å²) >= 11 is 5.92. The number of hydrogen-bond acceptors (Lipinski definition) is 3. The summed E-state index contributed by atoms with van der Waals surface area (Å²) in [6.45, 7) is 0.911. The fraction of sp³-hybridized carbons (Fsp3) is 0.471. The van der Waals surface area contributed by atoms with Crippen LogP contribution in [-0.4, -0.2) is 40.6 Å². The van der Waals surface area contributed by atoms with E-state index in [-0.39, 0.29) is 49.6 Å². The van der Waals surface area contributed by atoms with Gasteiger partial charge in [0.15, 0.2) is 0 Å². The molecule has 0 spiro atoms. The second-order valence-corrected chi connectivity index (χ2v) is 6.42. The summed E-state index contributed by atoms with van der Waals surface area (Å²) in [6.07, 6.45) is 2.62. The Morgan fingerprint density at radius 1 is 1.13 bits per heavy atom. The first-order valence-electron chi connectivity index (χ1n) is 7.94. The fourth-order valence-electron chi connectivity index (χ4n) is 3.32. The fourth-order valence-corrected chi connectivity index (χ4v) is 3.45. The van der Waals surface area contributed by atoms with E-state index >= 15 is 0 Å². The highest BCUT2D eigenvalue weighted by Crippen LogP contribution is 2.33. The van der Waals surface area contributed by atoms with Gasteiger partial charge in [-0.05, 0) is 30.5 Å². The second-order valence-electron chi connectivity index (χ2n) is 5.99. The van der Waals surface area contributed by atoms with Crippen LogP contribution in [0.25, 0.3) is 0 Å². The van der Waals surface area contributed by atoms with Gasteiger partial charge in [0.1, 0.15) is 0 Å². The van der Waals surface area contributed by atoms with Crippen molar-refractivity contribution in [3.8, 4) is 0 Å². The Hall–Kier alpha value is -1.88. The van der Waals surface area contributed by atoms with Gasteiger partial charge in [0.2, 0.25) is 17.7 Å². The van der Waals surface area contributed by atoms with E-state index in [1.165, 1.54) is 4.90 Å². The Kier molecular flexibility index (Phi) is 4.66. The molecule has 3 rings (SSSR count). The second kappa shape index (κ2) is 6.71. The predicted octanol–water partition coefficient (Wildman–Crippen LogP) is 2.54. The van der Waals surface area contributed by atoms with Gasteiger partial charge in [0, 0.05) is 37.4 Å². The van der Waals surface area contributed by atoms with Crippen molar-refractivity contribution >= 4 is 29.3 Å². The van der Waals surface area contributed by atoms with E-state index in [2.05, 4.69) is 0 Å². The lowest BCUT2D eigenvalue weighted by atomic mass is 10.0. The Bertz CT molecular complexity index is 613. The lowest BCUT2D eigenvalue weighted by molar-refractivity contribution is -0.139. The number of amides is 3. The molecule has 0 aliphatic carbocycles. The summed E-state index contributed by atoms with van der Waals surface area (Å²) in [4.78, 5) is 38.8. The van der Waals surface area contributed by atoms with Crippen LogP contribution in [0.3, 0.4) is 0 Å². The number of carbonyl (C=O) groups excluding carboxylic acids is 3. The largest absolute Gasteiger partial charge is 0.336 e. The SMILES string of the molecule is O=C1CCC(=O)N1CCC(=O)N1CCCC1c1ccc(Cl)cc1. The van der Waals surface area contributed by atoms with Crippen LogP contribution >= 0.6 is 11.6 Å². The lowest BCUT2D eigenvalue weighted by Crippen LogP contribution is -2.36.